The molecular formula is C28H19Cl3N2O3. The molecule has 3 heterocycles. The molecule has 5 nitrogen and oxygen atoms in total. The number of nitrogens with zero attached hydrogens (tertiary/aromatic N) is 1. The summed E-state index contributed by atoms with van der Waals surface area (Å²) in [6, 6.07) is 15.8. The number of carbonyl (C=O) groups is 3. The Morgan fingerprint density at radius 2 is 1.69 bits per heavy atom. The first kappa shape index (κ1) is 23.3. The second kappa shape index (κ2) is 8.20. The molecule has 0 bridgehead atoms. The number of Topliss-reactive ketones (excluding diaryl/α,β-unsaturated/α-hetero) is 2. The number of ketones is 2. The molecule has 1 saturated heterocycles. The first-order valence-corrected chi connectivity index (χ1v) is 12.6. The number of carbonyl (C=O) groups excluding carboxylic acids is 3. The molecule has 1 amide bonds. The number of amides is 1. The van der Waals surface area contributed by atoms with E-state index in [1.165, 1.54) is 13.0 Å². The molecular weight excluding hydrogens is 519 g/mol. The predicted molar refractivity (Wildman–Crippen MR) is 142 cm³/mol. The van der Waals surface area contributed by atoms with Crippen molar-refractivity contribution in [2.24, 2.45) is 5.92 Å². The van der Waals surface area contributed by atoms with Gasteiger partial charge in [-0.3, -0.25) is 14.4 Å². The lowest BCUT2D eigenvalue weighted by molar-refractivity contribution is -0.122. The van der Waals surface area contributed by atoms with Gasteiger partial charge in [-0.15, -0.1) is 0 Å². The number of para-hydroxylation sites is 1. The summed E-state index contributed by atoms with van der Waals surface area (Å²) in [7, 11) is 0. The lowest BCUT2D eigenvalue weighted by atomic mass is 9.64. The van der Waals surface area contributed by atoms with Gasteiger partial charge in [-0.05, 0) is 60.5 Å². The van der Waals surface area contributed by atoms with Crippen LogP contribution in [0.2, 0.25) is 15.1 Å². The third kappa shape index (κ3) is 3.06. The molecule has 3 aromatic carbocycles. The Hall–Kier alpha value is -3.12. The molecule has 0 saturated carbocycles. The summed E-state index contributed by atoms with van der Waals surface area (Å²) in [6.45, 7) is 1.46. The fourth-order valence-electron chi connectivity index (χ4n) is 6.16. The molecule has 0 unspecified atom stereocenters. The standard InChI is InChI=1S/C28H19Cl3N2O3/c1-14(34)25-24(26(35)18-9-7-17(30)13-20(18)31)28(19-4-2-3-5-21(19)32-27(28)36)23-11-6-15-12-16(29)8-10-22(15)33(23)25/h2-13,23-25H,1H3,(H,32,36)/t23-,24-,25-,28-/m1/s1. The van der Waals surface area contributed by atoms with Crippen LogP contribution < -0.4 is 10.2 Å². The van der Waals surface area contributed by atoms with E-state index in [1.807, 2.05) is 47.4 Å². The van der Waals surface area contributed by atoms with Crippen LogP contribution >= 0.6 is 34.8 Å². The average molecular weight is 538 g/mol. The maximum Gasteiger partial charge on any atom is 0.238 e. The van der Waals surface area contributed by atoms with Crippen LogP contribution in [0.5, 0.6) is 0 Å². The second-order valence-electron chi connectivity index (χ2n) is 9.30. The van der Waals surface area contributed by atoms with Gasteiger partial charge in [-0.25, -0.2) is 0 Å². The van der Waals surface area contributed by atoms with Crippen molar-refractivity contribution in [3.63, 3.8) is 0 Å². The molecule has 4 atom stereocenters. The average Bonchev–Trinajstić information content (AvgIpc) is 3.31. The number of rotatable bonds is 3. The van der Waals surface area contributed by atoms with Gasteiger partial charge in [-0.1, -0.05) is 65.2 Å². The molecule has 6 rings (SSSR count). The minimum Gasteiger partial charge on any atom is -0.352 e. The molecule has 36 heavy (non-hydrogen) atoms. The van der Waals surface area contributed by atoms with Gasteiger partial charge >= 0.3 is 0 Å². The van der Waals surface area contributed by atoms with Gasteiger partial charge in [0.25, 0.3) is 0 Å². The van der Waals surface area contributed by atoms with Crippen LogP contribution in [0.3, 0.4) is 0 Å². The van der Waals surface area contributed by atoms with Crippen molar-refractivity contribution in [2.75, 3.05) is 10.2 Å². The Labute approximate surface area is 222 Å². The summed E-state index contributed by atoms with van der Waals surface area (Å²) in [6.07, 6.45) is 3.80. The highest BCUT2D eigenvalue weighted by molar-refractivity contribution is 6.37. The Bertz CT molecular complexity index is 1520. The number of hydrogen-bond acceptors (Lipinski definition) is 4. The van der Waals surface area contributed by atoms with Gasteiger partial charge < -0.3 is 10.2 Å². The zero-order chi connectivity index (χ0) is 25.4. The van der Waals surface area contributed by atoms with E-state index in [1.54, 1.807) is 24.3 Å². The predicted octanol–water partition coefficient (Wildman–Crippen LogP) is 6.21. The molecule has 180 valence electrons. The Morgan fingerprint density at radius 3 is 2.44 bits per heavy atom. The largest absolute Gasteiger partial charge is 0.352 e. The molecule has 0 radical (unpaired) electrons. The normalized spacial score (nSPS) is 25.4. The van der Waals surface area contributed by atoms with E-state index < -0.39 is 23.4 Å². The second-order valence-corrected chi connectivity index (χ2v) is 10.6. The molecule has 3 aliphatic rings. The molecule has 1 fully saturated rings. The van der Waals surface area contributed by atoms with Gasteiger partial charge in [0.2, 0.25) is 5.91 Å². The Kier molecular flexibility index (Phi) is 5.31. The minimum atomic E-state index is -1.36. The van der Waals surface area contributed by atoms with Crippen molar-refractivity contribution in [2.45, 2.75) is 24.4 Å². The van der Waals surface area contributed by atoms with Gasteiger partial charge in [0, 0.05) is 27.0 Å². The lowest BCUT2D eigenvalue weighted by Crippen LogP contribution is -2.51. The molecule has 8 heteroatoms. The first-order chi connectivity index (χ1) is 17.2. The molecule has 1 spiro atoms. The highest BCUT2D eigenvalue weighted by Crippen LogP contribution is 2.58. The van der Waals surface area contributed by atoms with Gasteiger partial charge in [0.15, 0.2) is 11.6 Å². The number of nitrogens with one attached hydrogen (secondary N) is 1. The van der Waals surface area contributed by atoms with Crippen LogP contribution in [0.1, 0.15) is 28.4 Å². The van der Waals surface area contributed by atoms with E-state index in [0.29, 0.717) is 21.3 Å². The van der Waals surface area contributed by atoms with Gasteiger partial charge in [0.05, 0.1) is 23.0 Å². The zero-order valence-electron chi connectivity index (χ0n) is 19.0. The lowest BCUT2D eigenvalue weighted by Gasteiger charge is -2.37. The fraction of sp³-hybridized carbons (Fsp3) is 0.179. The highest BCUT2D eigenvalue weighted by atomic mass is 35.5. The summed E-state index contributed by atoms with van der Waals surface area (Å²) in [5, 5.41) is 4.08. The smallest absolute Gasteiger partial charge is 0.238 e. The zero-order valence-corrected chi connectivity index (χ0v) is 21.2. The number of halogens is 3. The van der Waals surface area contributed by atoms with Crippen LogP contribution in [-0.4, -0.2) is 29.6 Å². The van der Waals surface area contributed by atoms with Crippen LogP contribution in [0.15, 0.2) is 66.7 Å². The maximum absolute atomic E-state index is 14.4. The van der Waals surface area contributed by atoms with Crippen molar-refractivity contribution in [3.05, 3.63) is 98.5 Å². The van der Waals surface area contributed by atoms with Crippen molar-refractivity contribution in [3.8, 4) is 0 Å². The van der Waals surface area contributed by atoms with Crippen molar-refractivity contribution >= 4 is 69.7 Å². The summed E-state index contributed by atoms with van der Waals surface area (Å²) in [5.41, 5.74) is 1.71. The fourth-order valence-corrected chi connectivity index (χ4v) is 6.84. The van der Waals surface area contributed by atoms with Crippen LogP contribution in [0.25, 0.3) is 6.08 Å². The van der Waals surface area contributed by atoms with Crippen LogP contribution in [0.4, 0.5) is 11.4 Å². The van der Waals surface area contributed by atoms with E-state index >= 15 is 0 Å². The monoisotopic (exact) mass is 536 g/mol. The quantitative estimate of drug-likeness (QED) is 0.404. The minimum absolute atomic E-state index is 0.171. The summed E-state index contributed by atoms with van der Waals surface area (Å²) in [4.78, 5) is 43.7. The molecule has 0 aromatic heterocycles. The summed E-state index contributed by atoms with van der Waals surface area (Å²) < 4.78 is 0. The molecule has 3 aromatic rings. The van der Waals surface area contributed by atoms with Crippen LogP contribution in [-0.2, 0) is 15.0 Å². The van der Waals surface area contributed by atoms with Crippen LogP contribution in [0, 0.1) is 5.92 Å². The highest BCUT2D eigenvalue weighted by Gasteiger charge is 2.69. The number of benzene rings is 3. The molecule has 0 aliphatic carbocycles. The van der Waals surface area contributed by atoms with E-state index in [2.05, 4.69) is 5.32 Å². The third-order valence-electron chi connectivity index (χ3n) is 7.49. The van der Waals surface area contributed by atoms with Gasteiger partial charge in [0.1, 0.15) is 5.41 Å². The Morgan fingerprint density at radius 1 is 0.972 bits per heavy atom. The SMILES string of the molecule is CC(=O)[C@@H]1[C@H](C(=O)c2ccc(Cl)cc2Cl)[C@]2(C(=O)Nc3ccccc32)[C@H]2C=Cc3cc(Cl)ccc3N12. The summed E-state index contributed by atoms with van der Waals surface area (Å²) in [5.74, 6) is -1.99. The van der Waals surface area contributed by atoms with Gasteiger partial charge in [-0.2, -0.15) is 0 Å². The summed E-state index contributed by atoms with van der Waals surface area (Å²) >= 11 is 18.8. The number of fused-ring (bicyclic) bond motifs is 6. The maximum atomic E-state index is 14.4. The van der Waals surface area contributed by atoms with E-state index in [9.17, 15) is 14.4 Å². The van der Waals surface area contributed by atoms with Crippen molar-refractivity contribution in [1.29, 1.82) is 0 Å². The van der Waals surface area contributed by atoms with E-state index in [-0.39, 0.29) is 28.1 Å². The topological polar surface area (TPSA) is 66.5 Å². The van der Waals surface area contributed by atoms with E-state index in [0.717, 1.165) is 11.3 Å². The van der Waals surface area contributed by atoms with E-state index in [4.69, 9.17) is 34.8 Å². The number of hydrogen-bond donors (Lipinski definition) is 1. The first-order valence-electron chi connectivity index (χ1n) is 11.4. The molecule has 3 aliphatic heterocycles. The number of anilines is 2. The molecule has 1 N–H and O–H groups in total. The third-order valence-corrected chi connectivity index (χ3v) is 8.27. The Balaban J connectivity index is 1.66. The van der Waals surface area contributed by atoms with Crippen molar-refractivity contribution < 1.29 is 14.4 Å². The van der Waals surface area contributed by atoms with Crippen molar-refractivity contribution in [1.82, 2.24) is 0 Å².